The van der Waals surface area contributed by atoms with Gasteiger partial charge in [-0.2, -0.15) is 0 Å². The minimum atomic E-state index is -1.81. The van der Waals surface area contributed by atoms with E-state index in [1.165, 1.54) is 6.08 Å². The summed E-state index contributed by atoms with van der Waals surface area (Å²) in [5.74, 6) is -2.13. The minimum absolute atomic E-state index is 0.230. The number of carbonyl (C=O) groups is 3. The maximum Gasteiger partial charge on any atom is 0.408 e. The Morgan fingerprint density at radius 1 is 1.40 bits per heavy atom. The predicted molar refractivity (Wildman–Crippen MR) is 72.0 cm³/mol. The van der Waals surface area contributed by atoms with E-state index in [1.807, 2.05) is 5.32 Å². The van der Waals surface area contributed by atoms with Crippen molar-refractivity contribution in [2.24, 2.45) is 0 Å². The van der Waals surface area contributed by atoms with Crippen molar-refractivity contribution in [2.45, 2.75) is 16.7 Å². The number of carboxylic acid groups (broad SMARTS) is 1. The van der Waals surface area contributed by atoms with Crippen molar-refractivity contribution in [1.29, 1.82) is 0 Å². The molecule has 0 aliphatic rings. The molecule has 0 rings (SSSR count). The van der Waals surface area contributed by atoms with Crippen LogP contribution in [0.3, 0.4) is 0 Å². The van der Waals surface area contributed by atoms with Gasteiger partial charge in [0, 0.05) is 8.27 Å². The van der Waals surface area contributed by atoms with E-state index in [4.69, 9.17) is 41.3 Å². The van der Waals surface area contributed by atoms with Gasteiger partial charge >= 0.3 is 18.0 Å². The molecule has 0 saturated carbocycles. The molecule has 20 heavy (non-hydrogen) atoms. The molecule has 1 amide bonds. The number of hydrogen-bond acceptors (Lipinski definition) is 5. The van der Waals surface area contributed by atoms with Crippen molar-refractivity contribution in [2.75, 3.05) is 13.2 Å². The average molecular weight is 350 g/mol. The first kappa shape index (κ1) is 16.9. The molecule has 2 N–H and O–H groups in total. The van der Waals surface area contributed by atoms with Gasteiger partial charge in [0.2, 0.25) is 3.79 Å². The topological polar surface area (TPSA) is 102 Å². The van der Waals surface area contributed by atoms with Crippen molar-refractivity contribution in [1.82, 2.24) is 5.32 Å². The number of hydrogen-bond donors (Lipinski definition) is 2. The number of ether oxygens (including phenoxy) is 2. The Hall–Kier alpha value is -1.18. The summed E-state index contributed by atoms with van der Waals surface area (Å²) in [5, 5.41) is 10.9. The van der Waals surface area contributed by atoms with E-state index in [0.717, 1.165) is 6.08 Å². The zero-order chi connectivity index (χ0) is 16.5. The molecular formula is C10H12Cl3NO6. The third-order valence-electron chi connectivity index (χ3n) is 1.58. The fourth-order valence-corrected chi connectivity index (χ4v) is 1.00. The molecule has 114 valence electrons. The summed E-state index contributed by atoms with van der Waals surface area (Å²) in [6.07, 6.45) is 1.17. The van der Waals surface area contributed by atoms with Crippen LogP contribution in [0.1, 0.15) is 8.27 Å². The van der Waals surface area contributed by atoms with Gasteiger partial charge < -0.3 is 19.9 Å². The first-order valence-electron chi connectivity index (χ1n) is 5.71. The molecule has 1 atom stereocenters. The van der Waals surface area contributed by atoms with E-state index in [0.29, 0.717) is 0 Å². The number of alkyl carbamates (subject to hydrolysis) is 1. The number of alkyl halides is 3. The summed E-state index contributed by atoms with van der Waals surface area (Å²) in [4.78, 5) is 32.8. The van der Waals surface area contributed by atoms with Crippen molar-refractivity contribution in [3.8, 4) is 0 Å². The largest absolute Gasteiger partial charge is 0.479 e. The molecule has 7 nitrogen and oxygen atoms in total. The van der Waals surface area contributed by atoms with Crippen LogP contribution in [0, 0.1) is 0 Å². The normalized spacial score (nSPS) is 13.4. The molecule has 0 saturated heterocycles. The number of halogens is 3. The van der Waals surface area contributed by atoms with Crippen LogP contribution in [0.15, 0.2) is 12.2 Å². The Bertz CT molecular complexity index is 412. The molecule has 0 aliphatic carbocycles. The van der Waals surface area contributed by atoms with Gasteiger partial charge in [0.1, 0.15) is 19.3 Å². The molecule has 1 unspecified atom stereocenters. The molecule has 0 aromatic carbocycles. The monoisotopic (exact) mass is 348 g/mol. The Balaban J connectivity index is 4.30. The number of aliphatic carboxylic acids is 1. The van der Waals surface area contributed by atoms with Crippen molar-refractivity contribution in [3.05, 3.63) is 12.2 Å². The molecule has 0 aromatic rings. The zero-order valence-electron chi connectivity index (χ0n) is 11.0. The number of amides is 1. The zero-order valence-corrected chi connectivity index (χ0v) is 12.2. The lowest BCUT2D eigenvalue weighted by atomic mass is 10.3. The van der Waals surface area contributed by atoms with Crippen LogP contribution in [0.5, 0.6) is 0 Å². The molecule has 10 heteroatoms. The second kappa shape index (κ2) is 8.89. The summed E-state index contributed by atoms with van der Waals surface area (Å²) in [6, 6.07) is -1.41. The third-order valence-corrected chi connectivity index (χ3v) is 1.90. The van der Waals surface area contributed by atoms with Gasteiger partial charge in [-0.15, -0.1) is 0 Å². The summed E-state index contributed by atoms with van der Waals surface area (Å²) in [6.45, 7) is -1.33. The highest BCUT2D eigenvalue weighted by atomic mass is 35.6. The maximum atomic E-state index is 11.3. The van der Waals surface area contributed by atoms with Gasteiger partial charge in [0.15, 0.2) is 0 Å². The number of carbonyl (C=O) groups excluding carboxylic acids is 2. The van der Waals surface area contributed by atoms with E-state index < -0.39 is 41.4 Å². The molecule has 0 aromatic heterocycles. The second-order valence-corrected chi connectivity index (χ2v) is 5.78. The van der Waals surface area contributed by atoms with Gasteiger partial charge in [0.05, 0.1) is 0 Å². The highest BCUT2D eigenvalue weighted by Crippen LogP contribution is 2.25. The van der Waals surface area contributed by atoms with Crippen LogP contribution >= 0.6 is 34.8 Å². The lowest BCUT2D eigenvalue weighted by Crippen LogP contribution is -2.40. The van der Waals surface area contributed by atoms with Crippen molar-refractivity contribution >= 4 is 52.8 Å². The third kappa shape index (κ3) is 10.7. The lowest BCUT2D eigenvalue weighted by molar-refractivity contribution is -0.139. The van der Waals surface area contributed by atoms with E-state index in [9.17, 15) is 14.4 Å². The number of carboxylic acids is 1. The Labute approximate surface area is 131 Å². The fraction of sp³-hybridized carbons (Fsp3) is 0.500. The SMILES string of the molecule is [2H]CC(=O)OCC=CC(NC(=O)OCC(Cl)(Cl)Cl)C(=O)O. The van der Waals surface area contributed by atoms with Gasteiger partial charge in [-0.25, -0.2) is 9.59 Å². The van der Waals surface area contributed by atoms with Crippen LogP contribution < -0.4 is 5.32 Å². The van der Waals surface area contributed by atoms with Gasteiger partial charge in [0.25, 0.3) is 0 Å². The summed E-state index contributed by atoms with van der Waals surface area (Å²) in [7, 11) is 0. The quantitative estimate of drug-likeness (QED) is 0.429. The molecule has 0 fully saturated rings. The first-order chi connectivity index (χ1) is 9.65. The molecule has 0 radical (unpaired) electrons. The standard InChI is InChI=1S/C10H12Cl3NO6/c1-6(15)19-4-2-3-7(8(16)17)14-9(18)20-5-10(11,12)13/h2-3,7H,4-5H2,1H3,(H,14,18)(H,16,17)/i1D. The van der Waals surface area contributed by atoms with Gasteiger partial charge in [-0.3, -0.25) is 4.79 Å². The van der Waals surface area contributed by atoms with Crippen LogP contribution in [0.25, 0.3) is 0 Å². The average Bonchev–Trinajstić information content (AvgIpc) is 2.38. The summed E-state index contributed by atoms with van der Waals surface area (Å²) < 4.78 is 13.9. The van der Waals surface area contributed by atoms with Crippen molar-refractivity contribution in [3.63, 3.8) is 0 Å². The smallest absolute Gasteiger partial charge is 0.408 e. The van der Waals surface area contributed by atoms with Crippen LogP contribution in [0.4, 0.5) is 4.79 Å². The summed E-state index contributed by atoms with van der Waals surface area (Å²) >= 11 is 16.1. The Kier molecular flexibility index (Phi) is 7.50. The first-order valence-corrected chi connectivity index (χ1v) is 6.13. The lowest BCUT2D eigenvalue weighted by Gasteiger charge is -2.14. The maximum absolute atomic E-state index is 11.3. The van der Waals surface area contributed by atoms with Gasteiger partial charge in [-0.1, -0.05) is 40.9 Å². The molecule has 0 bridgehead atoms. The van der Waals surface area contributed by atoms with Crippen molar-refractivity contribution < 1.29 is 30.3 Å². The second-order valence-electron chi connectivity index (χ2n) is 3.26. The molecule has 0 aliphatic heterocycles. The minimum Gasteiger partial charge on any atom is -0.479 e. The van der Waals surface area contributed by atoms with E-state index in [1.54, 1.807) is 0 Å². The number of rotatable bonds is 6. The van der Waals surface area contributed by atoms with Gasteiger partial charge in [-0.05, 0) is 6.08 Å². The van der Waals surface area contributed by atoms with Crippen LogP contribution in [0.2, 0.25) is 0 Å². The van der Waals surface area contributed by atoms with E-state index >= 15 is 0 Å². The highest BCUT2D eigenvalue weighted by molar-refractivity contribution is 6.67. The molecule has 0 heterocycles. The number of nitrogens with one attached hydrogen (secondary N) is 1. The van der Waals surface area contributed by atoms with E-state index in [2.05, 4.69) is 9.47 Å². The predicted octanol–water partition coefficient (Wildman–Crippen LogP) is 1.66. The van der Waals surface area contributed by atoms with Crippen LogP contribution in [-0.4, -0.2) is 46.2 Å². The van der Waals surface area contributed by atoms with E-state index in [-0.39, 0.29) is 6.61 Å². The highest BCUT2D eigenvalue weighted by Gasteiger charge is 2.24. The Morgan fingerprint density at radius 2 is 2.05 bits per heavy atom. The fourth-order valence-electron chi connectivity index (χ4n) is 0.841. The van der Waals surface area contributed by atoms with Crippen LogP contribution in [-0.2, 0) is 19.1 Å². The summed E-state index contributed by atoms with van der Waals surface area (Å²) in [5.41, 5.74) is 0. The number of esters is 1. The molecular weight excluding hydrogens is 336 g/mol. The Morgan fingerprint density at radius 3 is 2.55 bits per heavy atom. The molecule has 0 spiro atoms.